The number of likely N-dealkylation sites (tertiary alicyclic amines) is 1. The van der Waals surface area contributed by atoms with Crippen LogP contribution in [0.2, 0.25) is 5.02 Å². The molecule has 3 rings (SSSR count). The van der Waals surface area contributed by atoms with Gasteiger partial charge >= 0.3 is 6.09 Å². The number of halogens is 2. The zero-order chi connectivity index (χ0) is 20.1. The quantitative estimate of drug-likeness (QED) is 0.598. The first kappa shape index (κ1) is 20.6. The van der Waals surface area contributed by atoms with Gasteiger partial charge in [-0.25, -0.2) is 4.79 Å². The molecular weight excluding hydrogens is 450 g/mol. The first-order valence-electron chi connectivity index (χ1n) is 8.94. The molecule has 2 aromatic rings. The van der Waals surface area contributed by atoms with Crippen LogP contribution in [-0.4, -0.2) is 52.8 Å². The van der Waals surface area contributed by atoms with Crippen molar-refractivity contribution >= 4 is 45.3 Å². The third-order valence-corrected chi connectivity index (χ3v) is 5.38. The predicted octanol–water partition coefficient (Wildman–Crippen LogP) is 3.65. The second-order valence-electron chi connectivity index (χ2n) is 6.59. The number of rotatable bonds is 6. The van der Waals surface area contributed by atoms with Crippen molar-refractivity contribution in [3.63, 3.8) is 0 Å². The Morgan fingerprint density at radius 3 is 2.79 bits per heavy atom. The van der Waals surface area contributed by atoms with E-state index in [9.17, 15) is 9.59 Å². The molecule has 0 radical (unpaired) electrons. The summed E-state index contributed by atoms with van der Waals surface area (Å²) in [6.07, 6.45) is 1.78. The second-order valence-corrected chi connectivity index (χ2v) is 7.79. The molecule has 1 aromatic carbocycles. The number of aromatic amines is 1. The Bertz CT molecular complexity index is 853. The molecule has 1 fully saturated rings. The monoisotopic (exact) mass is 469 g/mol. The third kappa shape index (κ3) is 5.24. The number of nitrogens with zero attached hydrogens (tertiary/aromatic N) is 2. The Morgan fingerprint density at radius 1 is 1.36 bits per heavy atom. The molecule has 8 nitrogen and oxygen atoms in total. The zero-order valence-electron chi connectivity index (χ0n) is 15.3. The molecule has 1 unspecified atom stereocenters. The Labute approximate surface area is 176 Å². The Morgan fingerprint density at radius 2 is 2.07 bits per heavy atom. The fourth-order valence-corrected chi connectivity index (χ4v) is 3.58. The van der Waals surface area contributed by atoms with Gasteiger partial charge in [-0.2, -0.15) is 0 Å². The molecule has 2 amide bonds. The summed E-state index contributed by atoms with van der Waals surface area (Å²) in [5.74, 6) is -0.122. The van der Waals surface area contributed by atoms with Crippen LogP contribution in [-0.2, 0) is 0 Å². The van der Waals surface area contributed by atoms with Crippen molar-refractivity contribution in [1.82, 2.24) is 20.4 Å². The lowest BCUT2D eigenvalue weighted by Gasteiger charge is -2.20. The molecule has 1 saturated heterocycles. The minimum Gasteiger partial charge on any atom is -0.388 e. The fourth-order valence-electron chi connectivity index (χ4n) is 3.01. The minimum absolute atomic E-state index is 0.0281. The van der Waals surface area contributed by atoms with Gasteiger partial charge in [-0.15, -0.1) is 5.10 Å². The van der Waals surface area contributed by atoms with E-state index in [4.69, 9.17) is 16.3 Å². The number of aromatic nitrogens is 2. The van der Waals surface area contributed by atoms with Gasteiger partial charge in [-0.3, -0.25) is 9.89 Å². The van der Waals surface area contributed by atoms with Gasteiger partial charge < -0.3 is 20.3 Å². The number of hydrogen-bond donors (Lipinski definition) is 3. The van der Waals surface area contributed by atoms with E-state index < -0.39 is 12.0 Å². The first-order valence-corrected chi connectivity index (χ1v) is 10.1. The predicted molar refractivity (Wildman–Crippen MR) is 110 cm³/mol. The normalized spacial score (nSPS) is 15.2. The molecule has 150 valence electrons. The topological polar surface area (TPSA) is 99.3 Å². The van der Waals surface area contributed by atoms with Gasteiger partial charge in [0.25, 0.3) is 11.8 Å². The van der Waals surface area contributed by atoms with Gasteiger partial charge in [-0.1, -0.05) is 23.7 Å². The molecule has 1 aromatic heterocycles. The van der Waals surface area contributed by atoms with Crippen LogP contribution < -0.4 is 15.4 Å². The van der Waals surface area contributed by atoms with E-state index >= 15 is 0 Å². The smallest absolute Gasteiger partial charge is 0.388 e. The standard InChI is InChI=1S/C18H21BrClN5O3/c1-11(10-25-8-4-5-9-25)21-18(27)28-17-14(19)15(23-24-17)22-16(26)12-6-2-3-7-13(12)20/h2-3,6-7,11H,4-5,8-10H2,1H3,(H,21,27)(H2,22,23,24,26). The minimum atomic E-state index is -0.608. The van der Waals surface area contributed by atoms with Gasteiger partial charge in [0.15, 0.2) is 0 Å². The van der Waals surface area contributed by atoms with E-state index in [1.54, 1.807) is 24.3 Å². The number of carbonyl (C=O) groups excluding carboxylic acids is 2. The molecule has 10 heteroatoms. The highest BCUT2D eigenvalue weighted by Crippen LogP contribution is 2.30. The maximum Gasteiger partial charge on any atom is 0.414 e. The summed E-state index contributed by atoms with van der Waals surface area (Å²) in [4.78, 5) is 26.8. The molecule has 28 heavy (non-hydrogen) atoms. The average Bonchev–Trinajstić information content (AvgIpc) is 3.27. The third-order valence-electron chi connectivity index (χ3n) is 4.32. The van der Waals surface area contributed by atoms with E-state index in [0.717, 1.165) is 19.6 Å². The van der Waals surface area contributed by atoms with Crippen LogP contribution in [0.3, 0.4) is 0 Å². The summed E-state index contributed by atoms with van der Waals surface area (Å²) in [7, 11) is 0. The van der Waals surface area contributed by atoms with Gasteiger partial charge in [-0.05, 0) is 60.9 Å². The average molecular weight is 471 g/mol. The van der Waals surface area contributed by atoms with E-state index in [0.29, 0.717) is 15.1 Å². The zero-order valence-corrected chi connectivity index (χ0v) is 17.6. The van der Waals surface area contributed by atoms with Crippen molar-refractivity contribution in [2.24, 2.45) is 0 Å². The number of hydrogen-bond acceptors (Lipinski definition) is 5. The number of amides is 2. The summed E-state index contributed by atoms with van der Waals surface area (Å²) in [6, 6.07) is 6.63. The highest BCUT2D eigenvalue weighted by Gasteiger charge is 2.21. The van der Waals surface area contributed by atoms with Gasteiger partial charge in [0.2, 0.25) is 0 Å². The number of H-pyrrole nitrogens is 1. The fraction of sp³-hybridized carbons (Fsp3) is 0.389. The highest BCUT2D eigenvalue weighted by atomic mass is 79.9. The van der Waals surface area contributed by atoms with Gasteiger partial charge in [0.1, 0.15) is 10.3 Å². The molecule has 1 atom stereocenters. The van der Waals surface area contributed by atoms with Crippen LogP contribution in [0.15, 0.2) is 28.7 Å². The van der Waals surface area contributed by atoms with E-state index in [1.807, 2.05) is 6.92 Å². The van der Waals surface area contributed by atoms with Gasteiger partial charge in [0.05, 0.1) is 10.6 Å². The maximum atomic E-state index is 12.3. The molecule has 1 aliphatic heterocycles. The Kier molecular flexibility index (Phi) is 6.93. The molecule has 2 heterocycles. The lowest BCUT2D eigenvalue weighted by atomic mass is 10.2. The van der Waals surface area contributed by atoms with Crippen LogP contribution in [0.1, 0.15) is 30.1 Å². The van der Waals surface area contributed by atoms with E-state index in [2.05, 4.69) is 41.7 Å². The molecule has 0 bridgehead atoms. The summed E-state index contributed by atoms with van der Waals surface area (Å²) >= 11 is 9.31. The van der Waals surface area contributed by atoms with Crippen molar-refractivity contribution in [1.29, 1.82) is 0 Å². The first-order chi connectivity index (χ1) is 13.4. The van der Waals surface area contributed by atoms with Crippen LogP contribution in [0, 0.1) is 0 Å². The van der Waals surface area contributed by atoms with Crippen molar-refractivity contribution in [2.75, 3.05) is 25.0 Å². The largest absolute Gasteiger partial charge is 0.414 e. The summed E-state index contributed by atoms with van der Waals surface area (Å²) in [5.41, 5.74) is 0.321. The molecule has 1 aliphatic rings. The molecule has 3 N–H and O–H groups in total. The Hall–Kier alpha value is -2.10. The number of benzene rings is 1. The Balaban J connectivity index is 1.55. The van der Waals surface area contributed by atoms with Crippen LogP contribution >= 0.6 is 27.5 Å². The van der Waals surface area contributed by atoms with Crippen molar-refractivity contribution in [2.45, 2.75) is 25.8 Å². The summed E-state index contributed by atoms with van der Waals surface area (Å²) in [5, 5.41) is 12.3. The number of carbonyl (C=O) groups is 2. The number of ether oxygens (including phenoxy) is 1. The second kappa shape index (κ2) is 9.40. The molecule has 0 aliphatic carbocycles. The van der Waals surface area contributed by atoms with Crippen molar-refractivity contribution in [3.05, 3.63) is 39.3 Å². The highest BCUT2D eigenvalue weighted by molar-refractivity contribution is 9.10. The van der Waals surface area contributed by atoms with E-state index in [-0.39, 0.29) is 17.7 Å². The lowest BCUT2D eigenvalue weighted by molar-refractivity contribution is 0.102. The van der Waals surface area contributed by atoms with Crippen molar-refractivity contribution < 1.29 is 14.3 Å². The molecular formula is C18H21BrClN5O3. The van der Waals surface area contributed by atoms with Crippen molar-refractivity contribution in [3.8, 4) is 5.88 Å². The van der Waals surface area contributed by atoms with Gasteiger partial charge in [0, 0.05) is 12.6 Å². The molecule has 0 saturated carbocycles. The maximum absolute atomic E-state index is 12.3. The molecule has 0 spiro atoms. The summed E-state index contributed by atoms with van der Waals surface area (Å²) in [6.45, 7) is 4.81. The SMILES string of the molecule is CC(CN1CCCC1)NC(=O)Oc1n[nH]c(NC(=O)c2ccccc2Cl)c1Br. The lowest BCUT2D eigenvalue weighted by Crippen LogP contribution is -2.42. The van der Waals surface area contributed by atoms with Crippen LogP contribution in [0.5, 0.6) is 5.88 Å². The van der Waals surface area contributed by atoms with Crippen LogP contribution in [0.25, 0.3) is 0 Å². The van der Waals surface area contributed by atoms with Crippen LogP contribution in [0.4, 0.5) is 10.6 Å². The van der Waals surface area contributed by atoms with E-state index in [1.165, 1.54) is 12.8 Å². The number of nitrogens with one attached hydrogen (secondary N) is 3. The summed E-state index contributed by atoms with van der Waals surface area (Å²) < 4.78 is 5.57. The number of anilines is 1.